The number of hydrogen-bond donors (Lipinski definition) is 1. The van der Waals surface area contributed by atoms with Crippen LogP contribution in [0.15, 0.2) is 70.9 Å². The van der Waals surface area contributed by atoms with E-state index in [0.717, 1.165) is 22.2 Å². The van der Waals surface area contributed by atoms with Gasteiger partial charge in [0, 0.05) is 22.2 Å². The van der Waals surface area contributed by atoms with E-state index in [1.165, 1.54) is 5.56 Å². The van der Waals surface area contributed by atoms with Gasteiger partial charge in [0.15, 0.2) is 0 Å². The van der Waals surface area contributed by atoms with Crippen molar-refractivity contribution in [3.8, 4) is 5.75 Å². The van der Waals surface area contributed by atoms with Crippen LogP contribution < -0.4 is 10.1 Å². The fourth-order valence-electron chi connectivity index (χ4n) is 2.34. The predicted octanol–water partition coefficient (Wildman–Crippen LogP) is 4.10. The molecule has 0 aliphatic carbocycles. The number of fused-ring (bicyclic) bond motifs is 1. The lowest BCUT2D eigenvalue weighted by Gasteiger charge is -2.06. The zero-order chi connectivity index (χ0) is 16.1. The fourth-order valence-corrected chi connectivity index (χ4v) is 2.72. The summed E-state index contributed by atoms with van der Waals surface area (Å²) in [4.78, 5) is 12.3. The van der Waals surface area contributed by atoms with Gasteiger partial charge in [-0.2, -0.15) is 0 Å². The summed E-state index contributed by atoms with van der Waals surface area (Å²) < 4.78 is 6.47. The Bertz CT molecular complexity index is 766. The van der Waals surface area contributed by atoms with Crippen LogP contribution in [0.2, 0.25) is 0 Å². The minimum Gasteiger partial charge on any atom is -0.464 e. The third kappa shape index (κ3) is 4.11. The summed E-state index contributed by atoms with van der Waals surface area (Å²) in [5.74, 6) is 0.630. The van der Waals surface area contributed by atoms with Crippen LogP contribution in [0, 0.1) is 0 Å². The number of nitrogens with one attached hydrogen (secondary N) is 1. The Morgan fingerprint density at radius 1 is 1.13 bits per heavy atom. The van der Waals surface area contributed by atoms with Gasteiger partial charge in [0.2, 0.25) is 0 Å². The third-order valence-corrected chi connectivity index (χ3v) is 4.02. The van der Waals surface area contributed by atoms with E-state index in [2.05, 4.69) is 33.4 Å². The Labute approximate surface area is 143 Å². The maximum Gasteiger partial charge on any atom is 0.251 e. The van der Waals surface area contributed by atoms with Crippen molar-refractivity contribution < 1.29 is 9.53 Å². The molecule has 0 unspecified atom stereocenters. The molecule has 2 aromatic carbocycles. The van der Waals surface area contributed by atoms with E-state index in [0.29, 0.717) is 12.1 Å². The van der Waals surface area contributed by atoms with Crippen molar-refractivity contribution in [3.63, 3.8) is 0 Å². The van der Waals surface area contributed by atoms with Gasteiger partial charge in [0.1, 0.15) is 5.75 Å². The number of rotatable bonds is 4. The van der Waals surface area contributed by atoms with Crippen LogP contribution in [0.25, 0.3) is 6.08 Å². The fraction of sp³-hybridized carbons (Fsp3) is 0.105. The van der Waals surface area contributed by atoms with Gasteiger partial charge in [-0.3, -0.25) is 4.79 Å². The van der Waals surface area contributed by atoms with Crippen molar-refractivity contribution in [2.45, 2.75) is 6.42 Å². The summed E-state index contributed by atoms with van der Waals surface area (Å²) in [7, 11) is 0. The van der Waals surface area contributed by atoms with Gasteiger partial charge in [-0.1, -0.05) is 46.3 Å². The average Bonchev–Trinajstić information content (AvgIpc) is 2.77. The molecule has 1 aliphatic heterocycles. The smallest absolute Gasteiger partial charge is 0.251 e. The lowest BCUT2D eigenvalue weighted by molar-refractivity contribution is -0.117. The van der Waals surface area contributed by atoms with Gasteiger partial charge in [-0.05, 0) is 42.3 Å². The Kier molecular flexibility index (Phi) is 4.93. The standard InChI is InChI=1S/C19H16BrNO2/c20-17-6-7-18-16(13-17)12-15(9-11-23-18)19(22)21-10-8-14-4-2-1-3-5-14/h1-7,9,11-13H,8,10H2,(H,21,22). The van der Waals surface area contributed by atoms with Crippen molar-refractivity contribution in [2.24, 2.45) is 0 Å². The van der Waals surface area contributed by atoms with Gasteiger partial charge >= 0.3 is 0 Å². The van der Waals surface area contributed by atoms with Crippen LogP contribution in [0.3, 0.4) is 0 Å². The highest BCUT2D eigenvalue weighted by Crippen LogP contribution is 2.27. The number of ether oxygens (including phenoxy) is 1. The molecule has 4 heteroatoms. The highest BCUT2D eigenvalue weighted by Gasteiger charge is 2.12. The van der Waals surface area contributed by atoms with E-state index in [9.17, 15) is 4.79 Å². The van der Waals surface area contributed by atoms with Crippen molar-refractivity contribution in [1.82, 2.24) is 5.32 Å². The molecule has 116 valence electrons. The van der Waals surface area contributed by atoms with Gasteiger partial charge in [0.25, 0.3) is 5.91 Å². The molecule has 1 amide bonds. The summed E-state index contributed by atoms with van der Waals surface area (Å²) in [5.41, 5.74) is 2.66. The van der Waals surface area contributed by atoms with Gasteiger partial charge in [0.05, 0.1) is 6.26 Å². The van der Waals surface area contributed by atoms with Crippen LogP contribution in [-0.2, 0) is 11.2 Å². The second-order valence-corrected chi connectivity index (χ2v) is 6.11. The largest absolute Gasteiger partial charge is 0.464 e. The molecule has 0 radical (unpaired) electrons. The van der Waals surface area contributed by atoms with Crippen molar-refractivity contribution in [3.05, 3.63) is 82.0 Å². The van der Waals surface area contributed by atoms with E-state index >= 15 is 0 Å². The lowest BCUT2D eigenvalue weighted by Crippen LogP contribution is -2.26. The van der Waals surface area contributed by atoms with E-state index in [1.54, 1.807) is 12.3 Å². The van der Waals surface area contributed by atoms with Crippen LogP contribution in [0.4, 0.5) is 0 Å². The molecule has 3 rings (SSSR count). The lowest BCUT2D eigenvalue weighted by atomic mass is 10.1. The molecule has 2 aromatic rings. The number of halogens is 1. The first-order valence-corrected chi connectivity index (χ1v) is 8.18. The normalized spacial score (nSPS) is 12.7. The quantitative estimate of drug-likeness (QED) is 0.880. The van der Waals surface area contributed by atoms with Crippen LogP contribution in [0.1, 0.15) is 11.1 Å². The van der Waals surface area contributed by atoms with E-state index in [1.807, 2.05) is 42.5 Å². The zero-order valence-corrected chi connectivity index (χ0v) is 14.0. The number of carbonyl (C=O) groups excluding carboxylic acids is 1. The maximum atomic E-state index is 12.3. The van der Waals surface area contributed by atoms with E-state index in [4.69, 9.17) is 4.74 Å². The topological polar surface area (TPSA) is 38.3 Å². The molecule has 3 nitrogen and oxygen atoms in total. The minimum atomic E-state index is -0.103. The van der Waals surface area contributed by atoms with E-state index < -0.39 is 0 Å². The second kappa shape index (κ2) is 7.29. The molecule has 0 bridgehead atoms. The molecular formula is C19H16BrNO2. The Morgan fingerprint density at radius 3 is 2.78 bits per heavy atom. The molecule has 1 heterocycles. The molecule has 1 N–H and O–H groups in total. The average molecular weight is 370 g/mol. The first kappa shape index (κ1) is 15.6. The first-order chi connectivity index (χ1) is 11.2. The summed E-state index contributed by atoms with van der Waals surface area (Å²) >= 11 is 3.43. The molecular weight excluding hydrogens is 354 g/mol. The van der Waals surface area contributed by atoms with Crippen molar-refractivity contribution in [2.75, 3.05) is 6.54 Å². The van der Waals surface area contributed by atoms with Crippen molar-refractivity contribution >= 4 is 27.9 Å². The molecule has 0 fully saturated rings. The van der Waals surface area contributed by atoms with Gasteiger partial charge in [-0.25, -0.2) is 0 Å². The zero-order valence-electron chi connectivity index (χ0n) is 12.5. The number of carbonyl (C=O) groups is 1. The molecule has 0 saturated carbocycles. The third-order valence-electron chi connectivity index (χ3n) is 3.53. The van der Waals surface area contributed by atoms with Crippen LogP contribution in [-0.4, -0.2) is 12.5 Å². The summed E-state index contributed by atoms with van der Waals surface area (Å²) in [6.45, 7) is 0.597. The highest BCUT2D eigenvalue weighted by atomic mass is 79.9. The van der Waals surface area contributed by atoms with Crippen LogP contribution >= 0.6 is 15.9 Å². The molecule has 0 saturated heterocycles. The first-order valence-electron chi connectivity index (χ1n) is 7.39. The number of hydrogen-bond acceptors (Lipinski definition) is 2. The number of benzene rings is 2. The van der Waals surface area contributed by atoms with Gasteiger partial charge in [-0.15, -0.1) is 0 Å². The summed E-state index contributed by atoms with van der Waals surface area (Å²) in [6.07, 6.45) is 5.87. The molecule has 0 aromatic heterocycles. The molecule has 0 atom stereocenters. The summed E-state index contributed by atoms with van der Waals surface area (Å²) in [5, 5.41) is 2.95. The van der Waals surface area contributed by atoms with Crippen molar-refractivity contribution in [1.29, 1.82) is 0 Å². The SMILES string of the molecule is O=C(NCCc1ccccc1)C1=Cc2cc(Br)ccc2OC=C1. The maximum absolute atomic E-state index is 12.3. The van der Waals surface area contributed by atoms with E-state index in [-0.39, 0.29) is 5.91 Å². The number of amides is 1. The Morgan fingerprint density at radius 2 is 1.96 bits per heavy atom. The summed E-state index contributed by atoms with van der Waals surface area (Å²) in [6, 6.07) is 15.8. The second-order valence-electron chi connectivity index (χ2n) is 5.19. The Balaban J connectivity index is 1.67. The van der Waals surface area contributed by atoms with Gasteiger partial charge < -0.3 is 10.1 Å². The molecule has 1 aliphatic rings. The molecule has 0 spiro atoms. The predicted molar refractivity (Wildman–Crippen MR) is 95.0 cm³/mol. The van der Waals surface area contributed by atoms with Crippen LogP contribution in [0.5, 0.6) is 5.75 Å². The monoisotopic (exact) mass is 369 g/mol. The highest BCUT2D eigenvalue weighted by molar-refractivity contribution is 9.10. The molecule has 23 heavy (non-hydrogen) atoms. The minimum absolute atomic E-state index is 0.103. The Hall–Kier alpha value is -2.33.